The smallest absolute Gasteiger partial charge is 0.133 e. The number of hydrogen-bond donors (Lipinski definition) is 2. The van der Waals surface area contributed by atoms with Crippen LogP contribution in [0.5, 0.6) is 11.5 Å². The number of rotatable bonds is 2. The highest BCUT2D eigenvalue weighted by Crippen LogP contribution is 2.45. The van der Waals surface area contributed by atoms with Crippen LogP contribution < -0.4 is 15.4 Å². The van der Waals surface area contributed by atoms with Gasteiger partial charge in [0.15, 0.2) is 0 Å². The molecule has 1 fully saturated rings. The second-order valence-corrected chi connectivity index (χ2v) is 4.37. The minimum Gasteiger partial charge on any atom is -0.457 e. The van der Waals surface area contributed by atoms with Gasteiger partial charge in [0.05, 0.1) is 12.3 Å². The van der Waals surface area contributed by atoms with Gasteiger partial charge in [-0.1, -0.05) is 30.3 Å². The van der Waals surface area contributed by atoms with Crippen LogP contribution in [0.15, 0.2) is 48.5 Å². The lowest BCUT2D eigenvalue weighted by Crippen LogP contribution is -2.47. The van der Waals surface area contributed by atoms with Crippen molar-refractivity contribution in [1.82, 2.24) is 10.6 Å². The molecule has 2 N–H and O–H groups in total. The highest BCUT2D eigenvalue weighted by atomic mass is 16.5. The van der Waals surface area contributed by atoms with Gasteiger partial charge in [-0.2, -0.15) is 0 Å². The third kappa shape index (κ3) is 1.30. The van der Waals surface area contributed by atoms with E-state index >= 15 is 0 Å². The summed E-state index contributed by atoms with van der Waals surface area (Å²) >= 11 is 0. The van der Waals surface area contributed by atoms with Gasteiger partial charge >= 0.3 is 0 Å². The molecule has 0 saturated carbocycles. The normalized spacial score (nSPS) is 24.0. The fourth-order valence-electron chi connectivity index (χ4n) is 2.51. The first-order chi connectivity index (χ1) is 8.42. The molecule has 17 heavy (non-hydrogen) atoms. The molecule has 0 spiro atoms. The monoisotopic (exact) mass is 224 g/mol. The lowest BCUT2D eigenvalue weighted by atomic mass is 10.1. The molecule has 3 aliphatic heterocycles. The summed E-state index contributed by atoms with van der Waals surface area (Å²) in [4.78, 5) is 0. The van der Waals surface area contributed by atoms with Crippen LogP contribution in [0.2, 0.25) is 0 Å². The van der Waals surface area contributed by atoms with Gasteiger partial charge in [-0.3, -0.25) is 10.6 Å². The van der Waals surface area contributed by atoms with Crippen LogP contribution in [0.3, 0.4) is 0 Å². The molecular weight excluding hydrogens is 212 g/mol. The molecule has 5 rings (SSSR count). The maximum Gasteiger partial charge on any atom is 0.133 e. The van der Waals surface area contributed by atoms with Gasteiger partial charge in [0.2, 0.25) is 0 Å². The van der Waals surface area contributed by atoms with Crippen LogP contribution in [-0.2, 0) is 0 Å². The van der Waals surface area contributed by atoms with Crippen LogP contribution >= 0.6 is 0 Å². The number of para-hydroxylation sites is 1. The zero-order valence-electron chi connectivity index (χ0n) is 9.18. The first-order valence-electron chi connectivity index (χ1n) is 5.79. The Bertz CT molecular complexity index is 562. The molecule has 0 unspecified atom stereocenters. The second-order valence-electron chi connectivity index (χ2n) is 4.37. The molecule has 2 aromatic carbocycles. The van der Waals surface area contributed by atoms with Gasteiger partial charge in [-0.25, -0.2) is 0 Å². The van der Waals surface area contributed by atoms with E-state index in [4.69, 9.17) is 4.74 Å². The predicted molar refractivity (Wildman–Crippen MR) is 64.7 cm³/mol. The minimum absolute atomic E-state index is 0.259. The largest absolute Gasteiger partial charge is 0.457 e. The summed E-state index contributed by atoms with van der Waals surface area (Å²) in [7, 11) is 0. The maximum atomic E-state index is 5.94. The molecule has 84 valence electrons. The summed E-state index contributed by atoms with van der Waals surface area (Å²) in [6.07, 6.45) is 0.573. The van der Waals surface area contributed by atoms with E-state index in [0.29, 0.717) is 6.17 Å². The van der Waals surface area contributed by atoms with Crippen LogP contribution in [0.25, 0.3) is 0 Å². The fourth-order valence-corrected chi connectivity index (χ4v) is 2.51. The third-order valence-electron chi connectivity index (χ3n) is 3.34. The third-order valence-corrected chi connectivity index (χ3v) is 3.34. The van der Waals surface area contributed by atoms with Crippen LogP contribution in [0.1, 0.15) is 23.5 Å². The number of ether oxygens (including phenoxy) is 1. The predicted octanol–water partition coefficient (Wildman–Crippen LogP) is 2.68. The molecule has 3 heteroatoms. The highest BCUT2D eigenvalue weighted by Gasteiger charge is 2.42. The van der Waals surface area contributed by atoms with Crippen molar-refractivity contribution in [3.05, 3.63) is 59.7 Å². The molecule has 2 bridgehead atoms. The molecule has 2 aromatic rings. The summed E-state index contributed by atoms with van der Waals surface area (Å²) in [6.45, 7) is 0. The van der Waals surface area contributed by atoms with Crippen LogP contribution in [0.4, 0.5) is 0 Å². The van der Waals surface area contributed by atoms with Crippen molar-refractivity contribution in [2.75, 3.05) is 0 Å². The summed E-state index contributed by atoms with van der Waals surface area (Å²) in [5, 5.41) is 6.83. The van der Waals surface area contributed by atoms with Gasteiger partial charge < -0.3 is 4.74 Å². The Morgan fingerprint density at radius 2 is 1.65 bits per heavy atom. The standard InChI is InChI=1S/C14H12N2O/c1-2-5-9(6-3-1)17-11-8-4-7-10-12(11)14-15-13(10)16-14/h1-8,13-16H. The van der Waals surface area contributed by atoms with Crippen LogP contribution in [-0.4, -0.2) is 0 Å². The molecule has 1 saturated heterocycles. The van der Waals surface area contributed by atoms with E-state index in [9.17, 15) is 0 Å². The zero-order chi connectivity index (χ0) is 11.2. The van der Waals surface area contributed by atoms with Crippen molar-refractivity contribution in [2.24, 2.45) is 0 Å². The Kier molecular flexibility index (Phi) is 1.80. The van der Waals surface area contributed by atoms with E-state index in [1.807, 2.05) is 42.5 Å². The van der Waals surface area contributed by atoms with E-state index in [1.54, 1.807) is 0 Å². The van der Waals surface area contributed by atoms with Crippen molar-refractivity contribution < 1.29 is 4.74 Å². The van der Waals surface area contributed by atoms with Gasteiger partial charge in [-0.05, 0) is 23.8 Å². The highest BCUT2D eigenvalue weighted by molar-refractivity contribution is 5.51. The first kappa shape index (κ1) is 9.22. The maximum absolute atomic E-state index is 5.94. The lowest BCUT2D eigenvalue weighted by molar-refractivity contribution is 0.245. The summed E-state index contributed by atoms with van der Waals surface area (Å²) < 4.78 is 5.94. The molecule has 0 aromatic heterocycles. The van der Waals surface area contributed by atoms with Gasteiger partial charge in [0.25, 0.3) is 0 Å². The molecule has 3 aliphatic rings. The molecular formula is C14H12N2O. The molecule has 0 amide bonds. The zero-order valence-corrected chi connectivity index (χ0v) is 9.18. The first-order valence-corrected chi connectivity index (χ1v) is 5.79. The summed E-state index contributed by atoms with van der Waals surface area (Å²) in [5.74, 6) is 1.82. The quantitative estimate of drug-likeness (QED) is 0.822. The average molecular weight is 224 g/mol. The SMILES string of the molecule is c1ccc(Oc2cccc3c2C2NC3N2)cc1. The van der Waals surface area contributed by atoms with E-state index in [1.165, 1.54) is 11.1 Å². The lowest BCUT2D eigenvalue weighted by Gasteiger charge is -2.28. The molecule has 3 heterocycles. The minimum atomic E-state index is 0.259. The molecule has 3 nitrogen and oxygen atoms in total. The average Bonchev–Trinajstić information content (AvgIpc) is 2.84. The Morgan fingerprint density at radius 3 is 2.47 bits per heavy atom. The topological polar surface area (TPSA) is 33.3 Å². The van der Waals surface area contributed by atoms with Gasteiger partial charge in [-0.15, -0.1) is 0 Å². The summed E-state index contributed by atoms with van der Waals surface area (Å²) in [6, 6.07) is 16.1. The van der Waals surface area contributed by atoms with E-state index in [-0.39, 0.29) is 6.17 Å². The summed E-state index contributed by atoms with van der Waals surface area (Å²) in [5.41, 5.74) is 2.56. The Balaban J connectivity index is 1.74. The van der Waals surface area contributed by atoms with Gasteiger partial charge in [0, 0.05) is 5.56 Å². The molecule has 0 aliphatic carbocycles. The Hall–Kier alpha value is -1.84. The van der Waals surface area contributed by atoms with E-state index in [2.05, 4.69) is 16.7 Å². The number of hydrogen-bond acceptors (Lipinski definition) is 3. The van der Waals surface area contributed by atoms with Gasteiger partial charge in [0.1, 0.15) is 11.5 Å². The van der Waals surface area contributed by atoms with Crippen molar-refractivity contribution in [3.63, 3.8) is 0 Å². The fraction of sp³-hybridized carbons (Fsp3) is 0.143. The number of benzene rings is 2. The molecule has 0 radical (unpaired) electrons. The van der Waals surface area contributed by atoms with E-state index in [0.717, 1.165) is 11.5 Å². The van der Waals surface area contributed by atoms with Crippen molar-refractivity contribution in [2.45, 2.75) is 12.3 Å². The van der Waals surface area contributed by atoms with Crippen molar-refractivity contribution >= 4 is 0 Å². The van der Waals surface area contributed by atoms with Crippen molar-refractivity contribution in [3.8, 4) is 11.5 Å². The second kappa shape index (κ2) is 3.32. The van der Waals surface area contributed by atoms with E-state index < -0.39 is 0 Å². The van der Waals surface area contributed by atoms with Crippen molar-refractivity contribution in [1.29, 1.82) is 0 Å². The molecule has 0 atom stereocenters. The Labute approximate surface area is 99.4 Å². The Morgan fingerprint density at radius 1 is 0.824 bits per heavy atom. The number of nitrogens with one attached hydrogen (secondary N) is 2. The van der Waals surface area contributed by atoms with Crippen LogP contribution in [0, 0.1) is 0 Å².